The van der Waals surface area contributed by atoms with Crippen LogP contribution in [0.2, 0.25) is 0 Å². The topological polar surface area (TPSA) is 86.0 Å². The van der Waals surface area contributed by atoms with Crippen molar-refractivity contribution in [1.82, 2.24) is 19.5 Å². The van der Waals surface area contributed by atoms with Crippen LogP contribution in [0.5, 0.6) is 5.75 Å². The van der Waals surface area contributed by atoms with Crippen LogP contribution in [0.15, 0.2) is 30.3 Å². The molecule has 1 amide bonds. The number of hydrogen-bond acceptors (Lipinski definition) is 7. The molecule has 0 aliphatic carbocycles. The van der Waals surface area contributed by atoms with E-state index in [0.717, 1.165) is 29.3 Å². The maximum Gasteiger partial charge on any atom is 0.410 e. The fourth-order valence-electron chi connectivity index (χ4n) is 4.39. The molecule has 10 heteroatoms. The van der Waals surface area contributed by atoms with Crippen molar-refractivity contribution in [1.29, 1.82) is 0 Å². The zero-order valence-electron chi connectivity index (χ0n) is 19.9. The number of aldehydes is 1. The Morgan fingerprint density at radius 2 is 2.06 bits per heavy atom. The predicted molar refractivity (Wildman–Crippen MR) is 131 cm³/mol. The molecular weight excluding hydrogens is 471 g/mol. The second-order valence-corrected chi connectivity index (χ2v) is 10.5. The molecule has 1 atom stereocenters. The fraction of sp³-hybridized carbons (Fsp3) is 0.360. The van der Waals surface area contributed by atoms with Crippen molar-refractivity contribution in [3.63, 3.8) is 0 Å². The molecule has 1 fully saturated rings. The molecule has 1 unspecified atom stereocenters. The van der Waals surface area contributed by atoms with Crippen LogP contribution in [0.1, 0.15) is 55.6 Å². The van der Waals surface area contributed by atoms with Crippen LogP contribution in [-0.2, 0) is 4.74 Å². The Labute approximate surface area is 205 Å². The van der Waals surface area contributed by atoms with Crippen molar-refractivity contribution in [3.8, 4) is 17.1 Å². The summed E-state index contributed by atoms with van der Waals surface area (Å²) in [4.78, 5) is 30.7. The number of carbonyl (C=O) groups is 2. The molecule has 1 aliphatic rings. The van der Waals surface area contributed by atoms with E-state index in [-0.39, 0.29) is 23.5 Å². The minimum atomic E-state index is -0.595. The average Bonchev–Trinajstić information content (AvgIpc) is 3.51. The summed E-state index contributed by atoms with van der Waals surface area (Å²) in [6.07, 6.45) is 1.92. The highest BCUT2D eigenvalue weighted by Gasteiger charge is 2.33. The molecule has 5 rings (SSSR count). The van der Waals surface area contributed by atoms with Crippen LogP contribution >= 0.6 is 11.3 Å². The SMILES string of the molecule is COc1cc2c(cc1C=O)sc1nc(-c3ccc(C4CCCN4C(=O)OC(C)(C)C)cc3F)nn12. The van der Waals surface area contributed by atoms with Gasteiger partial charge < -0.3 is 14.4 Å². The lowest BCUT2D eigenvalue weighted by molar-refractivity contribution is 0.0224. The Morgan fingerprint density at radius 3 is 2.74 bits per heavy atom. The smallest absolute Gasteiger partial charge is 0.410 e. The molecule has 8 nitrogen and oxygen atoms in total. The number of benzene rings is 2. The summed E-state index contributed by atoms with van der Waals surface area (Å²) in [7, 11) is 1.50. The number of methoxy groups -OCH3 is 1. The van der Waals surface area contributed by atoms with E-state index in [4.69, 9.17) is 9.47 Å². The molecule has 2 aromatic carbocycles. The van der Waals surface area contributed by atoms with Crippen LogP contribution in [-0.4, -0.2) is 51.1 Å². The molecule has 4 aromatic rings. The van der Waals surface area contributed by atoms with Crippen molar-refractivity contribution in [3.05, 3.63) is 47.3 Å². The quantitative estimate of drug-likeness (QED) is 0.340. The number of halogens is 1. The van der Waals surface area contributed by atoms with Gasteiger partial charge in [0.2, 0.25) is 4.96 Å². The highest BCUT2D eigenvalue weighted by Crippen LogP contribution is 2.36. The number of carbonyl (C=O) groups excluding carboxylic acids is 2. The maximum absolute atomic E-state index is 15.3. The van der Waals surface area contributed by atoms with Crippen LogP contribution in [0.3, 0.4) is 0 Å². The molecule has 0 spiro atoms. The molecule has 0 N–H and O–H groups in total. The van der Waals surface area contributed by atoms with Gasteiger partial charge in [-0.3, -0.25) is 4.79 Å². The van der Waals surface area contributed by atoms with Gasteiger partial charge in [-0.25, -0.2) is 13.7 Å². The lowest BCUT2D eigenvalue weighted by atomic mass is 10.0. The van der Waals surface area contributed by atoms with E-state index in [0.29, 0.717) is 28.4 Å². The van der Waals surface area contributed by atoms with Gasteiger partial charge in [-0.05, 0) is 57.4 Å². The number of rotatable bonds is 4. The number of aromatic nitrogens is 3. The van der Waals surface area contributed by atoms with Crippen molar-refractivity contribution >= 4 is 38.9 Å². The van der Waals surface area contributed by atoms with E-state index in [1.165, 1.54) is 24.5 Å². The van der Waals surface area contributed by atoms with Crippen molar-refractivity contribution in [2.45, 2.75) is 45.3 Å². The lowest BCUT2D eigenvalue weighted by Gasteiger charge is -2.29. The Kier molecular flexibility index (Phi) is 5.71. The summed E-state index contributed by atoms with van der Waals surface area (Å²) in [5.41, 5.74) is 1.56. The largest absolute Gasteiger partial charge is 0.496 e. The third-order valence-electron chi connectivity index (χ3n) is 5.94. The zero-order valence-corrected chi connectivity index (χ0v) is 20.7. The number of hydrogen-bond donors (Lipinski definition) is 0. The number of nitrogens with zero attached hydrogens (tertiary/aromatic N) is 4. The third kappa shape index (κ3) is 4.22. The number of ether oxygens (including phenoxy) is 2. The molecule has 2 aromatic heterocycles. The van der Waals surface area contributed by atoms with E-state index in [1.54, 1.807) is 27.6 Å². The van der Waals surface area contributed by atoms with E-state index in [2.05, 4.69) is 10.1 Å². The molecular formula is C25H25FN4O4S. The van der Waals surface area contributed by atoms with Gasteiger partial charge in [0.05, 0.1) is 34.5 Å². The van der Waals surface area contributed by atoms with Gasteiger partial charge in [-0.15, -0.1) is 5.10 Å². The van der Waals surface area contributed by atoms with Crippen LogP contribution in [0.4, 0.5) is 9.18 Å². The molecule has 182 valence electrons. The second kappa shape index (κ2) is 8.60. The first-order valence-electron chi connectivity index (χ1n) is 11.3. The van der Waals surface area contributed by atoms with E-state index < -0.39 is 11.4 Å². The first-order valence-corrected chi connectivity index (χ1v) is 12.1. The van der Waals surface area contributed by atoms with Crippen molar-refractivity contribution < 1.29 is 23.5 Å². The molecule has 1 aliphatic heterocycles. The first kappa shape index (κ1) is 23.2. The van der Waals surface area contributed by atoms with Gasteiger partial charge in [-0.1, -0.05) is 17.4 Å². The summed E-state index contributed by atoms with van der Waals surface area (Å²) in [5, 5.41) is 4.52. The van der Waals surface area contributed by atoms with Crippen LogP contribution in [0.25, 0.3) is 26.6 Å². The molecule has 1 saturated heterocycles. The number of likely N-dealkylation sites (tertiary alicyclic amines) is 1. The maximum atomic E-state index is 15.3. The van der Waals surface area contributed by atoms with Crippen molar-refractivity contribution in [2.75, 3.05) is 13.7 Å². The van der Waals surface area contributed by atoms with E-state index in [1.807, 2.05) is 26.8 Å². The standard InChI is InChI=1S/C25H25FN4O4S/c1-25(2,3)34-24(32)29-9-5-6-18(29)14-7-8-16(17(26)10-14)22-27-23-30(28-22)19-12-20(33-4)15(13-31)11-21(19)35-23/h7-8,10-13,18H,5-6,9H2,1-4H3. The molecule has 0 radical (unpaired) electrons. The fourth-order valence-corrected chi connectivity index (χ4v) is 5.38. The van der Waals surface area contributed by atoms with Gasteiger partial charge in [0.25, 0.3) is 0 Å². The monoisotopic (exact) mass is 496 g/mol. The Bertz CT molecular complexity index is 1460. The summed E-state index contributed by atoms with van der Waals surface area (Å²) in [6, 6.07) is 8.15. The normalized spacial score (nSPS) is 16.3. The van der Waals surface area contributed by atoms with Gasteiger partial charge in [0.1, 0.15) is 17.2 Å². The second-order valence-electron chi connectivity index (χ2n) is 9.48. The van der Waals surface area contributed by atoms with Crippen LogP contribution < -0.4 is 4.74 Å². The van der Waals surface area contributed by atoms with Crippen molar-refractivity contribution in [2.24, 2.45) is 0 Å². The number of thiazole rings is 1. The Hall–Kier alpha value is -3.53. The molecule has 0 saturated carbocycles. The van der Waals surface area contributed by atoms with Crippen LogP contribution in [0, 0.1) is 5.82 Å². The highest BCUT2D eigenvalue weighted by molar-refractivity contribution is 7.23. The predicted octanol–water partition coefficient (Wildman–Crippen LogP) is 5.64. The number of amides is 1. The number of fused-ring (bicyclic) bond motifs is 3. The zero-order chi connectivity index (χ0) is 24.9. The minimum absolute atomic E-state index is 0.240. The molecule has 3 heterocycles. The van der Waals surface area contributed by atoms with E-state index >= 15 is 4.39 Å². The summed E-state index contributed by atoms with van der Waals surface area (Å²) >= 11 is 1.36. The van der Waals surface area contributed by atoms with Gasteiger partial charge in [-0.2, -0.15) is 4.98 Å². The minimum Gasteiger partial charge on any atom is -0.496 e. The first-order chi connectivity index (χ1) is 16.7. The lowest BCUT2D eigenvalue weighted by Crippen LogP contribution is -2.36. The molecule has 35 heavy (non-hydrogen) atoms. The average molecular weight is 497 g/mol. The Morgan fingerprint density at radius 1 is 1.26 bits per heavy atom. The van der Waals surface area contributed by atoms with E-state index in [9.17, 15) is 9.59 Å². The highest BCUT2D eigenvalue weighted by atomic mass is 32.1. The van der Waals surface area contributed by atoms with Gasteiger partial charge in [0, 0.05) is 12.6 Å². The summed E-state index contributed by atoms with van der Waals surface area (Å²) < 4.78 is 28.6. The third-order valence-corrected chi connectivity index (χ3v) is 6.94. The summed E-state index contributed by atoms with van der Waals surface area (Å²) in [6.45, 7) is 6.05. The van der Waals surface area contributed by atoms with Gasteiger partial charge in [0.15, 0.2) is 12.1 Å². The summed E-state index contributed by atoms with van der Waals surface area (Å²) in [5.74, 6) is 0.240. The Balaban J connectivity index is 1.46. The van der Waals surface area contributed by atoms with Gasteiger partial charge >= 0.3 is 6.09 Å². The molecule has 0 bridgehead atoms.